The number of carbonyl (C=O) groups is 2. The fourth-order valence-corrected chi connectivity index (χ4v) is 2.38. The Morgan fingerprint density at radius 2 is 1.28 bits per heavy atom. The van der Waals surface area contributed by atoms with Gasteiger partial charge in [-0.3, -0.25) is 9.59 Å². The third kappa shape index (κ3) is 9.47. The Balaban J connectivity index is 0.000000421. The van der Waals surface area contributed by atoms with Gasteiger partial charge in [-0.1, -0.05) is 66.2 Å². The molecular formula is C20H23Br3O2. The van der Waals surface area contributed by atoms with Crippen molar-refractivity contribution < 1.29 is 9.59 Å². The number of hydrogen-bond donors (Lipinski definition) is 0. The Morgan fingerprint density at radius 1 is 0.840 bits per heavy atom. The van der Waals surface area contributed by atoms with Crippen LogP contribution in [0.25, 0.3) is 0 Å². The summed E-state index contributed by atoms with van der Waals surface area (Å²) in [4.78, 5) is 22.1. The molecule has 0 amide bonds. The highest BCUT2D eigenvalue weighted by atomic mass is 80.9. The van der Waals surface area contributed by atoms with Crippen LogP contribution in [0.15, 0.2) is 48.5 Å². The molecule has 0 bridgehead atoms. The summed E-state index contributed by atoms with van der Waals surface area (Å²) in [7, 11) is 0. The predicted octanol–water partition coefficient (Wildman–Crippen LogP) is 6.97. The van der Waals surface area contributed by atoms with Gasteiger partial charge in [0, 0.05) is 39.4 Å². The smallest absolute Gasteiger partial charge is 0.173 e. The molecule has 0 spiro atoms. The zero-order valence-corrected chi connectivity index (χ0v) is 19.4. The molecule has 2 rings (SSSR count). The van der Waals surface area contributed by atoms with Crippen molar-refractivity contribution in [3.63, 3.8) is 0 Å². The number of rotatable bonds is 5. The number of hydrogen-bond acceptors (Lipinski definition) is 2. The van der Waals surface area contributed by atoms with Gasteiger partial charge in [0.2, 0.25) is 0 Å². The average molecular weight is 535 g/mol. The van der Waals surface area contributed by atoms with Crippen LogP contribution in [0, 0.1) is 0 Å². The van der Waals surface area contributed by atoms with Crippen LogP contribution < -0.4 is 0 Å². The molecule has 136 valence electrons. The van der Waals surface area contributed by atoms with E-state index in [1.165, 1.54) is 11.1 Å². The second-order valence-electron chi connectivity index (χ2n) is 5.22. The predicted molar refractivity (Wildman–Crippen MR) is 118 cm³/mol. The summed E-state index contributed by atoms with van der Waals surface area (Å²) < 4.78 is 0. The van der Waals surface area contributed by atoms with Gasteiger partial charge in [-0.15, -0.1) is 0 Å². The molecule has 0 unspecified atom stereocenters. The largest absolute Gasteiger partial charge is 0.295 e. The molecule has 0 heterocycles. The van der Waals surface area contributed by atoms with E-state index in [0.717, 1.165) is 24.0 Å². The standard InChI is InChI=1S/C10H11BrO.C10H12O.Br2/c1-2-8-4-3-5-9(6-8)10(12)7-11;1-3-9-5-4-6-10(7-9)8(2)11;1-2/h3-6H,2,7H2,1H3;4-7H,3H2,1-2H3;. The van der Waals surface area contributed by atoms with Gasteiger partial charge in [0.05, 0.1) is 5.33 Å². The van der Waals surface area contributed by atoms with Crippen LogP contribution in [0.4, 0.5) is 0 Å². The molecule has 0 aliphatic carbocycles. The number of carbonyl (C=O) groups excluding carboxylic acids is 2. The Bertz CT molecular complexity index is 669. The van der Waals surface area contributed by atoms with Crippen LogP contribution in [0.5, 0.6) is 0 Å². The van der Waals surface area contributed by atoms with Crippen LogP contribution >= 0.6 is 44.2 Å². The number of aryl methyl sites for hydroxylation is 2. The van der Waals surface area contributed by atoms with E-state index in [0.29, 0.717) is 5.33 Å². The number of halogens is 3. The van der Waals surface area contributed by atoms with Crippen LogP contribution in [0.3, 0.4) is 0 Å². The van der Waals surface area contributed by atoms with Crippen molar-refractivity contribution in [3.8, 4) is 0 Å². The SMILES string of the molecule is BrBr.CCc1cccc(C(=O)CBr)c1.CCc1cccc(C(C)=O)c1. The van der Waals surface area contributed by atoms with E-state index < -0.39 is 0 Å². The number of Topliss-reactive ketones (excluding diaryl/α,β-unsaturated/α-hetero) is 2. The van der Waals surface area contributed by atoms with Crippen molar-refractivity contribution in [2.45, 2.75) is 33.6 Å². The maximum atomic E-state index is 11.2. The third-order valence-corrected chi connectivity index (χ3v) is 4.03. The van der Waals surface area contributed by atoms with Gasteiger partial charge in [-0.2, -0.15) is 0 Å². The number of ketones is 2. The van der Waals surface area contributed by atoms with Crippen molar-refractivity contribution in [1.29, 1.82) is 0 Å². The second-order valence-corrected chi connectivity index (χ2v) is 5.78. The van der Waals surface area contributed by atoms with Gasteiger partial charge < -0.3 is 0 Å². The summed E-state index contributed by atoms with van der Waals surface area (Å²) in [5.74, 6) is 0.283. The summed E-state index contributed by atoms with van der Waals surface area (Å²) in [6, 6.07) is 15.5. The zero-order valence-electron chi connectivity index (χ0n) is 14.7. The highest BCUT2D eigenvalue weighted by Gasteiger charge is 2.02. The van der Waals surface area contributed by atoms with Crippen molar-refractivity contribution >= 4 is 55.8 Å². The highest BCUT2D eigenvalue weighted by Crippen LogP contribution is 2.08. The quantitative estimate of drug-likeness (QED) is 0.306. The lowest BCUT2D eigenvalue weighted by molar-refractivity contribution is 0.101. The average Bonchev–Trinajstić information content (AvgIpc) is 2.69. The zero-order chi connectivity index (χ0) is 19.2. The Kier molecular flexibility index (Phi) is 13.9. The van der Waals surface area contributed by atoms with Gasteiger partial charge >= 0.3 is 0 Å². The first kappa shape index (κ1) is 24.2. The normalized spacial score (nSPS) is 9.20. The van der Waals surface area contributed by atoms with E-state index >= 15 is 0 Å². The van der Waals surface area contributed by atoms with Crippen LogP contribution in [0.2, 0.25) is 0 Å². The van der Waals surface area contributed by atoms with E-state index in [4.69, 9.17) is 0 Å². The minimum absolute atomic E-state index is 0.139. The van der Waals surface area contributed by atoms with Crippen molar-refractivity contribution in [2.24, 2.45) is 0 Å². The molecule has 0 fully saturated rings. The molecule has 0 aliphatic rings. The van der Waals surface area contributed by atoms with E-state index in [9.17, 15) is 9.59 Å². The molecule has 0 radical (unpaired) electrons. The van der Waals surface area contributed by atoms with Crippen LogP contribution in [-0.2, 0) is 12.8 Å². The minimum Gasteiger partial charge on any atom is -0.295 e. The molecule has 2 aromatic carbocycles. The van der Waals surface area contributed by atoms with Gasteiger partial charge in [0.15, 0.2) is 11.6 Å². The summed E-state index contributed by atoms with van der Waals surface area (Å²) in [6.45, 7) is 5.76. The van der Waals surface area contributed by atoms with Crippen molar-refractivity contribution in [3.05, 3.63) is 70.8 Å². The highest BCUT2D eigenvalue weighted by molar-refractivity contribution is 9.93. The molecular weight excluding hydrogens is 512 g/mol. The van der Waals surface area contributed by atoms with Crippen molar-refractivity contribution in [2.75, 3.05) is 5.33 Å². The first-order valence-electron chi connectivity index (χ1n) is 7.94. The molecule has 0 saturated carbocycles. The third-order valence-electron chi connectivity index (χ3n) is 3.52. The summed E-state index contributed by atoms with van der Waals surface area (Å²) in [5.41, 5.74) is 4.04. The molecule has 0 saturated heterocycles. The monoisotopic (exact) mass is 532 g/mol. The first-order chi connectivity index (χ1) is 12.0. The van der Waals surface area contributed by atoms with E-state index in [1.54, 1.807) is 6.92 Å². The number of alkyl halides is 1. The lowest BCUT2D eigenvalue weighted by atomic mass is 10.1. The molecule has 25 heavy (non-hydrogen) atoms. The molecule has 2 nitrogen and oxygen atoms in total. The Morgan fingerprint density at radius 3 is 1.68 bits per heavy atom. The topological polar surface area (TPSA) is 34.1 Å². The lowest BCUT2D eigenvalue weighted by Crippen LogP contribution is -1.99. The maximum absolute atomic E-state index is 11.2. The first-order valence-corrected chi connectivity index (χ1v) is 12.8. The fourth-order valence-electron chi connectivity index (χ4n) is 2.05. The van der Waals surface area contributed by atoms with E-state index in [2.05, 4.69) is 58.0 Å². The maximum Gasteiger partial charge on any atom is 0.173 e. The van der Waals surface area contributed by atoms with Gasteiger partial charge in [-0.25, -0.2) is 0 Å². The van der Waals surface area contributed by atoms with E-state index in [-0.39, 0.29) is 11.6 Å². The molecule has 0 atom stereocenters. The van der Waals surface area contributed by atoms with Gasteiger partial charge in [0.25, 0.3) is 0 Å². The summed E-state index contributed by atoms with van der Waals surface area (Å²) in [5, 5.41) is 0.403. The fraction of sp³-hybridized carbons (Fsp3) is 0.300. The van der Waals surface area contributed by atoms with Gasteiger partial charge in [-0.05, 0) is 43.0 Å². The second kappa shape index (κ2) is 14.4. The summed E-state index contributed by atoms with van der Waals surface area (Å²) >= 11 is 8.65. The minimum atomic E-state index is 0.139. The molecule has 5 heteroatoms. The van der Waals surface area contributed by atoms with Gasteiger partial charge in [0.1, 0.15) is 0 Å². The summed E-state index contributed by atoms with van der Waals surface area (Å²) in [6.07, 6.45) is 1.96. The number of benzene rings is 2. The molecule has 0 aliphatic heterocycles. The molecule has 2 aromatic rings. The lowest BCUT2D eigenvalue weighted by Gasteiger charge is -1.99. The van der Waals surface area contributed by atoms with Crippen LogP contribution in [0.1, 0.15) is 52.6 Å². The Hall–Kier alpha value is -0.780. The van der Waals surface area contributed by atoms with Crippen LogP contribution in [-0.4, -0.2) is 16.9 Å². The van der Waals surface area contributed by atoms with Crippen molar-refractivity contribution in [1.82, 2.24) is 0 Å². The molecule has 0 N–H and O–H groups in total. The molecule has 0 aromatic heterocycles. The van der Waals surface area contributed by atoms with E-state index in [1.807, 2.05) is 48.5 Å². The Labute approximate surface area is 174 Å².